The number of H-pyrrole nitrogens is 1. The van der Waals surface area contributed by atoms with Gasteiger partial charge in [0.1, 0.15) is 10.5 Å². The third-order valence-corrected chi connectivity index (χ3v) is 3.12. The lowest BCUT2D eigenvalue weighted by Crippen LogP contribution is -2.14. The summed E-state index contributed by atoms with van der Waals surface area (Å²) in [6.07, 6.45) is 0. The van der Waals surface area contributed by atoms with E-state index in [0.717, 1.165) is 5.69 Å². The molecule has 6 heteroatoms. The molecule has 0 aliphatic heterocycles. The van der Waals surface area contributed by atoms with Gasteiger partial charge in [-0.3, -0.25) is 10.1 Å². The summed E-state index contributed by atoms with van der Waals surface area (Å²) in [5.74, 6) is 0.426. The SMILES string of the molecule is CC(C)(C)c1cc(=S)nc(-c2ccccc2[N+](=O)[O-])[nH]1. The smallest absolute Gasteiger partial charge is 0.280 e. The highest BCUT2D eigenvalue weighted by atomic mass is 32.1. The van der Waals surface area contributed by atoms with Gasteiger partial charge in [0.15, 0.2) is 0 Å². The van der Waals surface area contributed by atoms with Gasteiger partial charge in [-0.05, 0) is 12.1 Å². The predicted octanol–water partition coefficient (Wildman–Crippen LogP) is 4.01. The molecule has 0 aliphatic rings. The minimum atomic E-state index is -0.419. The topological polar surface area (TPSA) is 71.8 Å². The fourth-order valence-electron chi connectivity index (χ4n) is 1.82. The zero-order valence-electron chi connectivity index (χ0n) is 11.5. The van der Waals surface area contributed by atoms with Gasteiger partial charge in [-0.15, -0.1) is 0 Å². The van der Waals surface area contributed by atoms with Crippen LogP contribution in [0.15, 0.2) is 30.3 Å². The zero-order valence-corrected chi connectivity index (χ0v) is 12.3. The second-order valence-electron chi connectivity index (χ2n) is 5.51. The molecule has 0 atom stereocenters. The average molecular weight is 289 g/mol. The Morgan fingerprint density at radius 1 is 1.30 bits per heavy atom. The molecule has 1 N–H and O–H groups in total. The van der Waals surface area contributed by atoms with Gasteiger partial charge >= 0.3 is 0 Å². The number of nitrogens with zero attached hydrogens (tertiary/aromatic N) is 2. The van der Waals surface area contributed by atoms with E-state index in [-0.39, 0.29) is 11.1 Å². The Kier molecular flexibility index (Phi) is 3.67. The quantitative estimate of drug-likeness (QED) is 0.515. The van der Waals surface area contributed by atoms with Crippen molar-refractivity contribution in [1.29, 1.82) is 0 Å². The highest BCUT2D eigenvalue weighted by Crippen LogP contribution is 2.28. The lowest BCUT2D eigenvalue weighted by atomic mass is 9.92. The Morgan fingerprint density at radius 3 is 2.55 bits per heavy atom. The molecule has 5 nitrogen and oxygen atoms in total. The molecule has 0 unspecified atom stereocenters. The van der Waals surface area contributed by atoms with Crippen LogP contribution < -0.4 is 0 Å². The monoisotopic (exact) mass is 289 g/mol. The highest BCUT2D eigenvalue weighted by molar-refractivity contribution is 7.71. The Hall–Kier alpha value is -2.08. The van der Waals surface area contributed by atoms with E-state index in [9.17, 15) is 10.1 Å². The van der Waals surface area contributed by atoms with Crippen LogP contribution in [0.25, 0.3) is 11.4 Å². The predicted molar refractivity (Wildman–Crippen MR) is 80.2 cm³/mol. The van der Waals surface area contributed by atoms with Crippen LogP contribution in [0.1, 0.15) is 26.5 Å². The Bertz CT molecular complexity index is 717. The maximum absolute atomic E-state index is 11.1. The maximum Gasteiger partial charge on any atom is 0.280 e. The summed E-state index contributed by atoms with van der Waals surface area (Å²) in [4.78, 5) is 18.1. The summed E-state index contributed by atoms with van der Waals surface area (Å²) in [5, 5.41) is 11.1. The first-order chi connectivity index (χ1) is 9.29. The summed E-state index contributed by atoms with van der Waals surface area (Å²) in [6, 6.07) is 8.28. The van der Waals surface area contributed by atoms with Crippen LogP contribution in [0.4, 0.5) is 5.69 Å². The van der Waals surface area contributed by atoms with Gasteiger partial charge in [-0.1, -0.05) is 45.1 Å². The summed E-state index contributed by atoms with van der Waals surface area (Å²) >= 11 is 5.16. The van der Waals surface area contributed by atoms with E-state index in [2.05, 4.69) is 9.97 Å². The van der Waals surface area contributed by atoms with Crippen LogP contribution in [-0.2, 0) is 5.41 Å². The van der Waals surface area contributed by atoms with Crippen LogP contribution in [0, 0.1) is 14.8 Å². The molecule has 0 spiro atoms. The number of aromatic nitrogens is 2. The summed E-state index contributed by atoms with van der Waals surface area (Å²) < 4.78 is 0.418. The number of hydrogen-bond donors (Lipinski definition) is 1. The highest BCUT2D eigenvalue weighted by Gasteiger charge is 2.19. The van der Waals surface area contributed by atoms with Crippen molar-refractivity contribution < 1.29 is 4.92 Å². The van der Waals surface area contributed by atoms with E-state index >= 15 is 0 Å². The van der Waals surface area contributed by atoms with Gasteiger partial charge < -0.3 is 4.98 Å². The molecule has 104 valence electrons. The summed E-state index contributed by atoms with van der Waals surface area (Å²) in [6.45, 7) is 6.12. The minimum absolute atomic E-state index is 0.0108. The number of nitrogens with one attached hydrogen (secondary N) is 1. The number of hydrogen-bond acceptors (Lipinski definition) is 4. The maximum atomic E-state index is 11.1. The van der Waals surface area contributed by atoms with Crippen LogP contribution in [0.3, 0.4) is 0 Å². The molecule has 1 heterocycles. The van der Waals surface area contributed by atoms with Gasteiger partial charge in [0.25, 0.3) is 5.69 Å². The lowest BCUT2D eigenvalue weighted by molar-refractivity contribution is -0.384. The number of aromatic amines is 1. The number of benzene rings is 1. The number of nitro benzene ring substituents is 1. The molecule has 20 heavy (non-hydrogen) atoms. The minimum Gasteiger partial charge on any atom is -0.342 e. The van der Waals surface area contributed by atoms with Crippen LogP contribution >= 0.6 is 12.2 Å². The third kappa shape index (κ3) is 2.91. The van der Waals surface area contributed by atoms with Gasteiger partial charge in [0, 0.05) is 17.2 Å². The van der Waals surface area contributed by atoms with Gasteiger partial charge in [-0.2, -0.15) is 0 Å². The fraction of sp³-hybridized carbons (Fsp3) is 0.286. The van der Waals surface area contributed by atoms with Gasteiger partial charge in [-0.25, -0.2) is 4.98 Å². The van der Waals surface area contributed by atoms with Crippen molar-refractivity contribution in [2.75, 3.05) is 0 Å². The van der Waals surface area contributed by atoms with E-state index in [1.54, 1.807) is 24.3 Å². The van der Waals surface area contributed by atoms with E-state index < -0.39 is 4.92 Å². The van der Waals surface area contributed by atoms with Crippen molar-refractivity contribution >= 4 is 17.9 Å². The molecule has 0 aliphatic carbocycles. The van der Waals surface area contributed by atoms with Crippen LogP contribution in [0.5, 0.6) is 0 Å². The fourth-order valence-corrected chi connectivity index (χ4v) is 2.03. The first kappa shape index (κ1) is 14.3. The van der Waals surface area contributed by atoms with Crippen molar-refractivity contribution in [1.82, 2.24) is 9.97 Å². The van der Waals surface area contributed by atoms with Gasteiger partial charge in [0.05, 0.1) is 10.5 Å². The zero-order chi connectivity index (χ0) is 14.9. The molecule has 0 saturated carbocycles. The molecule has 1 aromatic carbocycles. The van der Waals surface area contributed by atoms with Crippen molar-refractivity contribution in [3.8, 4) is 11.4 Å². The Labute approximate surface area is 121 Å². The largest absolute Gasteiger partial charge is 0.342 e. The average Bonchev–Trinajstić information content (AvgIpc) is 2.37. The summed E-state index contributed by atoms with van der Waals surface area (Å²) in [5.41, 5.74) is 1.20. The lowest BCUT2D eigenvalue weighted by Gasteiger charge is -2.19. The van der Waals surface area contributed by atoms with Crippen LogP contribution in [-0.4, -0.2) is 14.9 Å². The van der Waals surface area contributed by atoms with Gasteiger partial charge in [0.2, 0.25) is 0 Å². The second kappa shape index (κ2) is 5.13. The van der Waals surface area contributed by atoms with Crippen molar-refractivity contribution in [2.45, 2.75) is 26.2 Å². The third-order valence-electron chi connectivity index (χ3n) is 2.91. The number of rotatable bonds is 2. The summed E-state index contributed by atoms with van der Waals surface area (Å²) in [7, 11) is 0. The molecule has 1 aromatic heterocycles. The standard InChI is InChI=1S/C14H15N3O2S/c1-14(2,3)11-8-12(20)16-13(15-11)9-6-4-5-7-10(9)17(18)19/h4-8H,1-3H3,(H,15,16,20). The van der Waals surface area contributed by atoms with Crippen LogP contribution in [0.2, 0.25) is 0 Å². The molecule has 0 bridgehead atoms. The molecular weight excluding hydrogens is 274 g/mol. The number of para-hydroxylation sites is 1. The normalized spacial score (nSPS) is 11.3. The van der Waals surface area contributed by atoms with E-state index in [1.165, 1.54) is 6.07 Å². The first-order valence-electron chi connectivity index (χ1n) is 6.14. The number of nitro groups is 1. The second-order valence-corrected chi connectivity index (χ2v) is 5.92. The van der Waals surface area contributed by atoms with Crippen molar-refractivity contribution in [2.24, 2.45) is 0 Å². The molecular formula is C14H15N3O2S. The molecule has 2 aromatic rings. The Morgan fingerprint density at radius 2 is 1.95 bits per heavy atom. The van der Waals surface area contributed by atoms with Crippen molar-refractivity contribution in [3.05, 3.63) is 50.8 Å². The molecule has 0 fully saturated rings. The molecule has 0 saturated heterocycles. The molecule has 2 rings (SSSR count). The van der Waals surface area contributed by atoms with E-state index in [4.69, 9.17) is 12.2 Å². The van der Waals surface area contributed by atoms with E-state index in [0.29, 0.717) is 16.0 Å². The van der Waals surface area contributed by atoms with E-state index in [1.807, 2.05) is 20.8 Å². The Balaban J connectivity index is 2.68. The van der Waals surface area contributed by atoms with Crippen molar-refractivity contribution in [3.63, 3.8) is 0 Å². The molecule has 0 amide bonds. The first-order valence-corrected chi connectivity index (χ1v) is 6.55. The molecule has 0 radical (unpaired) electrons.